The summed E-state index contributed by atoms with van der Waals surface area (Å²) in [6, 6.07) is 3.02. The summed E-state index contributed by atoms with van der Waals surface area (Å²) in [4.78, 5) is 11.3. The number of alkyl halides is 1. The second kappa shape index (κ2) is 4.66. The van der Waals surface area contributed by atoms with Crippen LogP contribution in [0.15, 0.2) is 16.6 Å². The minimum absolute atomic E-state index is 0.114. The molecule has 1 aromatic carbocycles. The third-order valence-corrected chi connectivity index (χ3v) is 2.54. The van der Waals surface area contributed by atoms with E-state index in [9.17, 15) is 9.90 Å². The molecule has 0 atom stereocenters. The van der Waals surface area contributed by atoms with E-state index >= 15 is 0 Å². The predicted octanol–water partition coefficient (Wildman–Crippen LogP) is 2.58. The Morgan fingerprint density at radius 1 is 1.64 bits per heavy atom. The average molecular weight is 280 g/mol. The number of ether oxygens (including phenoxy) is 1. The first kappa shape index (κ1) is 11.3. The molecule has 3 nitrogen and oxygen atoms in total. The number of methoxy groups -OCH3 is 1. The number of carbonyl (C=O) groups is 1. The highest BCUT2D eigenvalue weighted by atomic mass is 79.9. The van der Waals surface area contributed by atoms with E-state index in [-0.39, 0.29) is 23.0 Å². The van der Waals surface area contributed by atoms with Crippen molar-refractivity contribution in [1.29, 1.82) is 0 Å². The predicted molar refractivity (Wildman–Crippen MR) is 57.4 cm³/mol. The van der Waals surface area contributed by atoms with Crippen LogP contribution >= 0.6 is 27.5 Å². The molecule has 0 bridgehead atoms. The van der Waals surface area contributed by atoms with Gasteiger partial charge in [-0.05, 0) is 28.1 Å². The number of rotatable bonds is 3. The summed E-state index contributed by atoms with van der Waals surface area (Å²) in [5.41, 5.74) is 0.159. The second-order valence-electron chi connectivity index (χ2n) is 2.56. The number of hydrogen-bond acceptors (Lipinski definition) is 3. The number of aromatic hydroxyl groups is 1. The minimum Gasteiger partial charge on any atom is -0.506 e. The summed E-state index contributed by atoms with van der Waals surface area (Å²) in [5, 5.41) is 9.54. The first-order valence-corrected chi connectivity index (χ1v) is 5.08. The molecule has 76 valence electrons. The molecule has 1 rings (SSSR count). The van der Waals surface area contributed by atoms with Crippen LogP contribution in [0, 0.1) is 0 Å². The van der Waals surface area contributed by atoms with Gasteiger partial charge in [0.15, 0.2) is 5.78 Å². The monoisotopic (exact) mass is 278 g/mol. The summed E-state index contributed by atoms with van der Waals surface area (Å²) in [6.07, 6.45) is 0. The zero-order valence-corrected chi connectivity index (χ0v) is 9.72. The summed E-state index contributed by atoms with van der Waals surface area (Å²) in [7, 11) is 1.48. The van der Waals surface area contributed by atoms with Crippen molar-refractivity contribution in [3.05, 3.63) is 22.2 Å². The third kappa shape index (κ3) is 2.19. The summed E-state index contributed by atoms with van der Waals surface area (Å²) in [6.45, 7) is 0. The molecular formula is C9H8BrClO3. The largest absolute Gasteiger partial charge is 0.506 e. The highest BCUT2D eigenvalue weighted by Gasteiger charge is 2.14. The van der Waals surface area contributed by atoms with Crippen molar-refractivity contribution in [3.8, 4) is 11.5 Å². The van der Waals surface area contributed by atoms with Gasteiger partial charge in [0.05, 0.1) is 23.0 Å². The molecule has 0 saturated heterocycles. The van der Waals surface area contributed by atoms with Crippen molar-refractivity contribution in [2.24, 2.45) is 0 Å². The van der Waals surface area contributed by atoms with Crippen LogP contribution < -0.4 is 4.74 Å². The number of phenolic OH excluding ortho intramolecular Hbond substituents is 1. The van der Waals surface area contributed by atoms with E-state index in [4.69, 9.17) is 16.3 Å². The molecule has 0 saturated carbocycles. The summed E-state index contributed by atoms with van der Waals surface area (Å²) >= 11 is 8.50. The smallest absolute Gasteiger partial charge is 0.181 e. The zero-order valence-electron chi connectivity index (χ0n) is 7.38. The van der Waals surface area contributed by atoms with E-state index in [2.05, 4.69) is 15.9 Å². The standard InChI is InChI=1S/C9H8BrClO3/c1-14-5-2-6(8(12)4-11)9(13)7(10)3-5/h2-3,13H,4H2,1H3. The topological polar surface area (TPSA) is 46.5 Å². The lowest BCUT2D eigenvalue weighted by atomic mass is 10.1. The molecule has 5 heteroatoms. The molecule has 0 aliphatic rings. The highest BCUT2D eigenvalue weighted by molar-refractivity contribution is 9.10. The van der Waals surface area contributed by atoms with Gasteiger partial charge in [0.1, 0.15) is 11.5 Å². The second-order valence-corrected chi connectivity index (χ2v) is 3.68. The van der Waals surface area contributed by atoms with Gasteiger partial charge >= 0.3 is 0 Å². The molecule has 0 aliphatic carbocycles. The number of Topliss-reactive ketones (excluding diaryl/α,β-unsaturated/α-hetero) is 1. The van der Waals surface area contributed by atoms with Gasteiger partial charge in [0.2, 0.25) is 0 Å². The normalized spacial score (nSPS) is 9.93. The molecule has 1 N–H and O–H groups in total. The van der Waals surface area contributed by atoms with Gasteiger partial charge in [-0.1, -0.05) is 0 Å². The quantitative estimate of drug-likeness (QED) is 0.683. The molecule has 1 aromatic rings. The fourth-order valence-electron chi connectivity index (χ4n) is 0.977. The minimum atomic E-state index is -0.344. The lowest BCUT2D eigenvalue weighted by molar-refractivity contribution is 0.101. The fourth-order valence-corrected chi connectivity index (χ4v) is 1.56. The van der Waals surface area contributed by atoms with Crippen LogP contribution in [0.4, 0.5) is 0 Å². The Morgan fingerprint density at radius 2 is 2.29 bits per heavy atom. The number of phenols is 1. The number of benzene rings is 1. The van der Waals surface area contributed by atoms with Crippen LogP contribution in [-0.4, -0.2) is 23.9 Å². The number of ketones is 1. The van der Waals surface area contributed by atoms with E-state index in [1.807, 2.05) is 0 Å². The summed E-state index contributed by atoms with van der Waals surface area (Å²) in [5.74, 6) is -0.143. The molecule has 0 spiro atoms. The van der Waals surface area contributed by atoms with Crippen LogP contribution in [0.1, 0.15) is 10.4 Å². The summed E-state index contributed by atoms with van der Waals surface area (Å²) < 4.78 is 5.36. The molecule has 0 heterocycles. The maximum atomic E-state index is 11.3. The van der Waals surface area contributed by atoms with Gasteiger partial charge in [0.25, 0.3) is 0 Å². The Bertz CT molecular complexity index is 365. The lowest BCUT2D eigenvalue weighted by Gasteiger charge is -2.07. The molecular weight excluding hydrogens is 271 g/mol. The SMILES string of the molecule is COc1cc(Br)c(O)c(C(=O)CCl)c1. The van der Waals surface area contributed by atoms with E-state index in [1.165, 1.54) is 13.2 Å². The van der Waals surface area contributed by atoms with Crippen LogP contribution in [-0.2, 0) is 0 Å². The van der Waals surface area contributed by atoms with E-state index in [1.54, 1.807) is 6.07 Å². The Hall–Kier alpha value is -0.740. The van der Waals surface area contributed by atoms with E-state index in [0.717, 1.165) is 0 Å². The van der Waals surface area contributed by atoms with E-state index in [0.29, 0.717) is 10.2 Å². The highest BCUT2D eigenvalue weighted by Crippen LogP contribution is 2.32. The molecule has 0 fully saturated rings. The number of halogens is 2. The van der Waals surface area contributed by atoms with Gasteiger partial charge in [0, 0.05) is 0 Å². The van der Waals surface area contributed by atoms with Gasteiger partial charge in [-0.15, -0.1) is 11.6 Å². The number of carbonyl (C=O) groups excluding carboxylic acids is 1. The zero-order chi connectivity index (χ0) is 10.7. The van der Waals surface area contributed by atoms with Gasteiger partial charge < -0.3 is 9.84 Å². The Morgan fingerprint density at radius 3 is 2.79 bits per heavy atom. The van der Waals surface area contributed by atoms with Crippen LogP contribution in [0.25, 0.3) is 0 Å². The number of hydrogen-bond donors (Lipinski definition) is 1. The van der Waals surface area contributed by atoms with Gasteiger partial charge in [-0.25, -0.2) is 0 Å². The molecule has 0 amide bonds. The first-order valence-electron chi connectivity index (χ1n) is 3.75. The van der Waals surface area contributed by atoms with Gasteiger partial charge in [-0.2, -0.15) is 0 Å². The van der Waals surface area contributed by atoms with Crippen LogP contribution in [0.2, 0.25) is 0 Å². The Balaban J connectivity index is 3.27. The van der Waals surface area contributed by atoms with E-state index < -0.39 is 0 Å². The molecule has 14 heavy (non-hydrogen) atoms. The fraction of sp³-hybridized carbons (Fsp3) is 0.222. The molecule has 0 radical (unpaired) electrons. The third-order valence-electron chi connectivity index (χ3n) is 1.69. The molecule has 0 unspecified atom stereocenters. The van der Waals surface area contributed by atoms with Gasteiger partial charge in [-0.3, -0.25) is 4.79 Å². The Kier molecular flexibility index (Phi) is 3.77. The maximum absolute atomic E-state index is 11.3. The maximum Gasteiger partial charge on any atom is 0.181 e. The van der Waals surface area contributed by atoms with Crippen LogP contribution in [0.3, 0.4) is 0 Å². The average Bonchev–Trinajstić information content (AvgIpc) is 2.20. The van der Waals surface area contributed by atoms with Crippen molar-refractivity contribution in [2.75, 3.05) is 13.0 Å². The molecule has 0 aromatic heterocycles. The first-order chi connectivity index (χ1) is 6.60. The Labute approximate surface area is 94.8 Å². The van der Waals surface area contributed by atoms with Crippen molar-refractivity contribution in [2.45, 2.75) is 0 Å². The van der Waals surface area contributed by atoms with Crippen molar-refractivity contribution in [3.63, 3.8) is 0 Å². The van der Waals surface area contributed by atoms with Crippen molar-refractivity contribution < 1.29 is 14.6 Å². The molecule has 0 aliphatic heterocycles. The van der Waals surface area contributed by atoms with Crippen LogP contribution in [0.5, 0.6) is 11.5 Å². The van der Waals surface area contributed by atoms with Crippen molar-refractivity contribution >= 4 is 33.3 Å². The lowest BCUT2D eigenvalue weighted by Crippen LogP contribution is -2.01. The van der Waals surface area contributed by atoms with Crippen molar-refractivity contribution in [1.82, 2.24) is 0 Å².